The quantitative estimate of drug-likeness (QED) is 0.846. The Kier molecular flexibility index (Phi) is 3.99. The first-order valence-corrected chi connectivity index (χ1v) is 6.43. The molecule has 0 aliphatic heterocycles. The number of aryl methyl sites for hydroxylation is 1. The summed E-state index contributed by atoms with van der Waals surface area (Å²) >= 11 is 9.20. The molecule has 0 saturated heterocycles. The molecule has 18 heavy (non-hydrogen) atoms. The monoisotopic (exact) mass is 324 g/mol. The Morgan fingerprint density at radius 1 is 1.39 bits per heavy atom. The maximum Gasteiger partial charge on any atom is 0.255 e. The number of benzene rings is 1. The molecule has 1 aromatic heterocycles. The number of nitrogens with zero attached hydrogens (tertiary/aromatic N) is 1. The minimum atomic E-state index is -0.191. The number of hydrogen-bond donors (Lipinski definition) is 1. The number of pyridine rings is 1. The highest BCUT2D eigenvalue weighted by Crippen LogP contribution is 2.21. The Hall–Kier alpha value is -1.39. The molecule has 0 saturated carbocycles. The third-order valence-electron chi connectivity index (χ3n) is 2.43. The van der Waals surface area contributed by atoms with Crippen molar-refractivity contribution in [1.29, 1.82) is 0 Å². The van der Waals surface area contributed by atoms with Crippen molar-refractivity contribution in [3.63, 3.8) is 0 Å². The van der Waals surface area contributed by atoms with E-state index in [9.17, 15) is 4.79 Å². The number of nitrogens with one attached hydrogen (secondary N) is 1. The van der Waals surface area contributed by atoms with Crippen LogP contribution in [0.25, 0.3) is 0 Å². The van der Waals surface area contributed by atoms with E-state index < -0.39 is 0 Å². The van der Waals surface area contributed by atoms with E-state index in [4.69, 9.17) is 11.6 Å². The van der Waals surface area contributed by atoms with Crippen LogP contribution < -0.4 is 5.32 Å². The van der Waals surface area contributed by atoms with Crippen molar-refractivity contribution in [2.75, 3.05) is 5.32 Å². The minimum absolute atomic E-state index is 0.191. The van der Waals surface area contributed by atoms with Gasteiger partial charge in [0.25, 0.3) is 5.91 Å². The molecule has 1 heterocycles. The number of aromatic nitrogens is 1. The molecule has 3 nitrogen and oxygen atoms in total. The molecule has 1 aromatic carbocycles. The molecule has 0 atom stereocenters. The van der Waals surface area contributed by atoms with Gasteiger partial charge in [-0.05, 0) is 58.7 Å². The zero-order valence-electron chi connectivity index (χ0n) is 9.58. The summed E-state index contributed by atoms with van der Waals surface area (Å²) in [5, 5.41) is 3.43. The molecule has 0 bridgehead atoms. The van der Waals surface area contributed by atoms with Crippen molar-refractivity contribution >= 4 is 39.1 Å². The highest BCUT2D eigenvalue weighted by Gasteiger charge is 2.09. The molecule has 5 heteroatoms. The largest absolute Gasteiger partial charge is 0.320 e. The van der Waals surface area contributed by atoms with Crippen molar-refractivity contribution in [3.8, 4) is 0 Å². The van der Waals surface area contributed by atoms with E-state index in [2.05, 4.69) is 26.2 Å². The van der Waals surface area contributed by atoms with E-state index >= 15 is 0 Å². The fraction of sp³-hybridized carbons (Fsp3) is 0.0769. The lowest BCUT2D eigenvalue weighted by molar-refractivity contribution is 0.102. The van der Waals surface area contributed by atoms with Crippen molar-refractivity contribution in [2.45, 2.75) is 6.92 Å². The average Bonchev–Trinajstić information content (AvgIpc) is 2.35. The molecule has 2 rings (SSSR count). The van der Waals surface area contributed by atoms with Crippen LogP contribution >= 0.6 is 27.5 Å². The number of hydrogen-bond acceptors (Lipinski definition) is 2. The fourth-order valence-electron chi connectivity index (χ4n) is 1.46. The highest BCUT2D eigenvalue weighted by atomic mass is 79.9. The molecule has 1 N–H and O–H groups in total. The van der Waals surface area contributed by atoms with Crippen LogP contribution in [0.3, 0.4) is 0 Å². The van der Waals surface area contributed by atoms with Crippen LogP contribution in [0.2, 0.25) is 5.02 Å². The summed E-state index contributed by atoms with van der Waals surface area (Å²) in [6, 6.07) is 8.69. The zero-order chi connectivity index (χ0) is 13.1. The number of rotatable bonds is 2. The van der Waals surface area contributed by atoms with Gasteiger partial charge in [0.15, 0.2) is 0 Å². The maximum atomic E-state index is 12.0. The number of carbonyl (C=O) groups excluding carboxylic acids is 1. The molecule has 92 valence electrons. The highest BCUT2D eigenvalue weighted by molar-refractivity contribution is 9.10. The van der Waals surface area contributed by atoms with Crippen LogP contribution in [0.1, 0.15) is 15.9 Å². The number of amides is 1. The minimum Gasteiger partial charge on any atom is -0.320 e. The van der Waals surface area contributed by atoms with Gasteiger partial charge in [0, 0.05) is 16.8 Å². The van der Waals surface area contributed by atoms with E-state index in [0.717, 1.165) is 5.56 Å². The summed E-state index contributed by atoms with van der Waals surface area (Å²) in [5.41, 5.74) is 2.07. The molecule has 2 aromatic rings. The van der Waals surface area contributed by atoms with Gasteiger partial charge in [-0.25, -0.2) is 4.98 Å². The van der Waals surface area contributed by atoms with Crippen LogP contribution in [0.4, 0.5) is 5.69 Å². The van der Waals surface area contributed by atoms with E-state index in [1.54, 1.807) is 36.5 Å². The number of halogens is 2. The van der Waals surface area contributed by atoms with Crippen molar-refractivity contribution < 1.29 is 4.79 Å². The van der Waals surface area contributed by atoms with Gasteiger partial charge in [0.1, 0.15) is 4.60 Å². The number of anilines is 1. The number of carbonyl (C=O) groups is 1. The Balaban J connectivity index is 2.22. The molecule has 0 unspecified atom stereocenters. The van der Waals surface area contributed by atoms with Crippen molar-refractivity contribution in [1.82, 2.24) is 4.98 Å². The van der Waals surface area contributed by atoms with E-state index in [1.807, 2.05) is 6.92 Å². The summed E-state index contributed by atoms with van der Waals surface area (Å²) in [6.45, 7) is 1.86. The van der Waals surface area contributed by atoms with Gasteiger partial charge in [-0.1, -0.05) is 11.6 Å². The fourth-order valence-corrected chi connectivity index (χ4v) is 1.93. The standard InChI is InChI=1S/C13H10BrClN2O/c1-8-7-9(4-5-10(8)15)13(18)17-11-3-2-6-16-12(11)14/h2-7H,1H3,(H,17,18). The zero-order valence-corrected chi connectivity index (χ0v) is 11.9. The van der Waals surface area contributed by atoms with Gasteiger partial charge in [-0.2, -0.15) is 0 Å². The SMILES string of the molecule is Cc1cc(C(=O)Nc2cccnc2Br)ccc1Cl. The summed E-state index contributed by atoms with van der Waals surface area (Å²) in [7, 11) is 0. The smallest absolute Gasteiger partial charge is 0.255 e. The Morgan fingerprint density at radius 3 is 2.83 bits per heavy atom. The first-order valence-electron chi connectivity index (χ1n) is 5.26. The summed E-state index contributed by atoms with van der Waals surface area (Å²) in [5.74, 6) is -0.191. The molecular weight excluding hydrogens is 316 g/mol. The molecule has 0 spiro atoms. The van der Waals surface area contributed by atoms with Crippen molar-refractivity contribution in [2.24, 2.45) is 0 Å². The molecule has 0 radical (unpaired) electrons. The Labute approximate surface area is 118 Å². The summed E-state index contributed by atoms with van der Waals surface area (Å²) in [4.78, 5) is 16.1. The topological polar surface area (TPSA) is 42.0 Å². The van der Waals surface area contributed by atoms with Crippen LogP contribution in [-0.2, 0) is 0 Å². The van der Waals surface area contributed by atoms with Gasteiger partial charge in [-0.3, -0.25) is 4.79 Å². The Bertz CT molecular complexity index is 601. The van der Waals surface area contributed by atoms with Crippen LogP contribution in [0, 0.1) is 6.92 Å². The molecule has 0 aliphatic carbocycles. The second-order valence-corrected chi connectivity index (χ2v) is 4.92. The third kappa shape index (κ3) is 2.89. The van der Waals surface area contributed by atoms with Gasteiger partial charge < -0.3 is 5.32 Å². The van der Waals surface area contributed by atoms with E-state index in [0.29, 0.717) is 20.9 Å². The lowest BCUT2D eigenvalue weighted by Gasteiger charge is -2.07. The lowest BCUT2D eigenvalue weighted by Crippen LogP contribution is -2.12. The average molecular weight is 326 g/mol. The van der Waals surface area contributed by atoms with Crippen LogP contribution in [0.5, 0.6) is 0 Å². The van der Waals surface area contributed by atoms with Crippen LogP contribution in [-0.4, -0.2) is 10.9 Å². The first-order chi connectivity index (χ1) is 8.58. The van der Waals surface area contributed by atoms with Crippen molar-refractivity contribution in [3.05, 3.63) is 57.3 Å². The normalized spacial score (nSPS) is 10.2. The second kappa shape index (κ2) is 5.50. The van der Waals surface area contributed by atoms with E-state index in [1.165, 1.54) is 0 Å². The molecule has 0 aliphatic rings. The molecule has 1 amide bonds. The Morgan fingerprint density at radius 2 is 2.17 bits per heavy atom. The van der Waals surface area contributed by atoms with Gasteiger partial charge >= 0.3 is 0 Å². The molecule has 0 fully saturated rings. The predicted molar refractivity (Wildman–Crippen MR) is 76.1 cm³/mol. The van der Waals surface area contributed by atoms with E-state index in [-0.39, 0.29) is 5.91 Å². The van der Waals surface area contributed by atoms with Gasteiger partial charge in [0.2, 0.25) is 0 Å². The van der Waals surface area contributed by atoms with Crippen LogP contribution in [0.15, 0.2) is 41.1 Å². The van der Waals surface area contributed by atoms with Gasteiger partial charge in [0.05, 0.1) is 5.69 Å². The maximum absolute atomic E-state index is 12.0. The van der Waals surface area contributed by atoms with Gasteiger partial charge in [-0.15, -0.1) is 0 Å². The predicted octanol–water partition coefficient (Wildman–Crippen LogP) is 4.06. The third-order valence-corrected chi connectivity index (χ3v) is 3.48. The molecular formula is C13H10BrClN2O. The summed E-state index contributed by atoms with van der Waals surface area (Å²) in [6.07, 6.45) is 1.65. The first kappa shape index (κ1) is 13.1. The summed E-state index contributed by atoms with van der Waals surface area (Å²) < 4.78 is 0.601. The lowest BCUT2D eigenvalue weighted by atomic mass is 10.1. The second-order valence-electron chi connectivity index (χ2n) is 3.76.